The van der Waals surface area contributed by atoms with E-state index in [4.69, 9.17) is 11.6 Å². The average molecular weight is 285 g/mol. The van der Waals surface area contributed by atoms with Crippen LogP contribution in [0.3, 0.4) is 0 Å². The van der Waals surface area contributed by atoms with Crippen LogP contribution in [0.25, 0.3) is 11.0 Å². The number of fused-ring (bicyclic) bond motifs is 1. The van der Waals surface area contributed by atoms with Gasteiger partial charge >= 0.3 is 0 Å². The second-order valence-electron chi connectivity index (χ2n) is 4.43. The number of benzene rings is 2. The highest BCUT2D eigenvalue weighted by atomic mass is 35.5. The second-order valence-corrected chi connectivity index (χ2v) is 4.70. The molecule has 2 aromatic carbocycles. The van der Waals surface area contributed by atoms with Gasteiger partial charge in [0.15, 0.2) is 0 Å². The zero-order valence-electron chi connectivity index (χ0n) is 10.8. The van der Waals surface area contributed by atoms with Crippen molar-refractivity contribution in [2.24, 2.45) is 0 Å². The predicted molar refractivity (Wildman–Crippen MR) is 80.7 cm³/mol. The summed E-state index contributed by atoms with van der Waals surface area (Å²) >= 11 is 5.76. The maximum Gasteiger partial charge on any atom is 0.243 e. The van der Waals surface area contributed by atoms with Crippen LogP contribution in [0, 0.1) is 0 Å². The van der Waals surface area contributed by atoms with Gasteiger partial charge in [0.1, 0.15) is 5.52 Å². The van der Waals surface area contributed by atoms with Crippen molar-refractivity contribution in [1.82, 2.24) is 15.2 Å². The lowest BCUT2D eigenvalue weighted by atomic mass is 10.1. The van der Waals surface area contributed by atoms with Crippen molar-refractivity contribution >= 4 is 28.6 Å². The maximum absolute atomic E-state index is 5.76. The van der Waals surface area contributed by atoms with Gasteiger partial charge in [0.25, 0.3) is 0 Å². The van der Waals surface area contributed by atoms with Crippen molar-refractivity contribution in [3.63, 3.8) is 0 Å². The van der Waals surface area contributed by atoms with Gasteiger partial charge in [0.05, 0.1) is 5.52 Å². The quantitative estimate of drug-likeness (QED) is 0.746. The van der Waals surface area contributed by atoms with E-state index in [0.29, 0.717) is 18.4 Å². The molecule has 0 saturated heterocycles. The van der Waals surface area contributed by atoms with Gasteiger partial charge in [-0.15, -0.1) is 21.8 Å². The summed E-state index contributed by atoms with van der Waals surface area (Å²) in [7, 11) is 0. The summed E-state index contributed by atoms with van der Waals surface area (Å²) in [6.07, 6.45) is 0. The summed E-state index contributed by atoms with van der Waals surface area (Å²) in [4.78, 5) is 4.42. The average Bonchev–Trinajstić information content (AvgIpc) is 2.53. The van der Waals surface area contributed by atoms with E-state index in [2.05, 4.69) is 20.5 Å². The molecule has 5 heteroatoms. The first kappa shape index (κ1) is 12.8. The number of nitrogens with one attached hydrogen (secondary N) is 1. The standard InChI is InChI=1S/C15H13ClN4/c16-9-11-5-7-12(8-6-11)10-17-15-18-13-3-1-2-4-14(13)19-20-15/h1-8H,9-10H2,(H,17,18,20). The topological polar surface area (TPSA) is 50.7 Å². The van der Waals surface area contributed by atoms with Crippen molar-refractivity contribution in [3.05, 3.63) is 59.7 Å². The molecule has 0 atom stereocenters. The van der Waals surface area contributed by atoms with E-state index >= 15 is 0 Å². The molecule has 3 aromatic rings. The largest absolute Gasteiger partial charge is 0.349 e. The van der Waals surface area contributed by atoms with Gasteiger partial charge < -0.3 is 5.32 Å². The minimum atomic E-state index is 0.533. The van der Waals surface area contributed by atoms with Crippen LogP contribution in [0.2, 0.25) is 0 Å². The smallest absolute Gasteiger partial charge is 0.243 e. The fraction of sp³-hybridized carbons (Fsp3) is 0.133. The van der Waals surface area contributed by atoms with Crippen LogP contribution in [0.4, 0.5) is 5.95 Å². The van der Waals surface area contributed by atoms with Crippen molar-refractivity contribution in [2.75, 3.05) is 5.32 Å². The molecule has 0 bridgehead atoms. The number of alkyl halides is 1. The van der Waals surface area contributed by atoms with Crippen LogP contribution >= 0.6 is 11.6 Å². The molecule has 1 heterocycles. The zero-order valence-corrected chi connectivity index (χ0v) is 11.5. The molecular weight excluding hydrogens is 272 g/mol. The summed E-state index contributed by atoms with van der Waals surface area (Å²) in [6, 6.07) is 15.8. The van der Waals surface area contributed by atoms with Crippen LogP contribution < -0.4 is 5.32 Å². The van der Waals surface area contributed by atoms with Gasteiger partial charge in [-0.1, -0.05) is 36.4 Å². The van der Waals surface area contributed by atoms with E-state index in [-0.39, 0.29) is 0 Å². The molecular formula is C15H13ClN4. The Bertz CT molecular complexity index is 712. The van der Waals surface area contributed by atoms with E-state index in [9.17, 15) is 0 Å². The first-order valence-corrected chi connectivity index (χ1v) is 6.86. The maximum atomic E-state index is 5.76. The molecule has 0 unspecified atom stereocenters. The first-order valence-electron chi connectivity index (χ1n) is 6.32. The van der Waals surface area contributed by atoms with E-state index in [1.54, 1.807) is 0 Å². The highest BCUT2D eigenvalue weighted by Gasteiger charge is 2.01. The Labute approximate surface area is 121 Å². The molecule has 0 fully saturated rings. The molecule has 1 aromatic heterocycles. The molecule has 0 radical (unpaired) electrons. The van der Waals surface area contributed by atoms with Gasteiger partial charge in [0.2, 0.25) is 5.95 Å². The highest BCUT2D eigenvalue weighted by molar-refractivity contribution is 6.17. The lowest BCUT2D eigenvalue weighted by Crippen LogP contribution is -2.04. The number of halogens is 1. The Morgan fingerprint density at radius 3 is 2.30 bits per heavy atom. The number of aromatic nitrogens is 3. The third-order valence-electron chi connectivity index (χ3n) is 2.99. The van der Waals surface area contributed by atoms with E-state index in [1.165, 1.54) is 0 Å². The van der Waals surface area contributed by atoms with Crippen LogP contribution in [-0.2, 0) is 12.4 Å². The lowest BCUT2D eigenvalue weighted by Gasteiger charge is -2.05. The number of para-hydroxylation sites is 1. The molecule has 3 rings (SSSR count). The Hall–Kier alpha value is -2.20. The van der Waals surface area contributed by atoms with Gasteiger partial charge in [0, 0.05) is 12.4 Å². The van der Waals surface area contributed by atoms with Gasteiger partial charge in [-0.25, -0.2) is 4.98 Å². The molecule has 100 valence electrons. The van der Waals surface area contributed by atoms with Crippen molar-refractivity contribution in [2.45, 2.75) is 12.4 Å². The minimum Gasteiger partial charge on any atom is -0.349 e. The number of nitrogens with zero attached hydrogens (tertiary/aromatic N) is 3. The molecule has 0 saturated carbocycles. The summed E-state index contributed by atoms with van der Waals surface area (Å²) in [6.45, 7) is 0.655. The zero-order chi connectivity index (χ0) is 13.8. The summed E-state index contributed by atoms with van der Waals surface area (Å²) < 4.78 is 0. The Kier molecular flexibility index (Phi) is 3.74. The third-order valence-corrected chi connectivity index (χ3v) is 3.30. The van der Waals surface area contributed by atoms with Crippen LogP contribution in [0.15, 0.2) is 48.5 Å². The summed E-state index contributed by atoms with van der Waals surface area (Å²) in [5.74, 6) is 1.07. The molecule has 4 nitrogen and oxygen atoms in total. The van der Waals surface area contributed by atoms with Crippen LogP contribution in [0.1, 0.15) is 11.1 Å². The Morgan fingerprint density at radius 2 is 1.55 bits per heavy atom. The molecule has 0 aliphatic rings. The normalized spacial score (nSPS) is 10.7. The molecule has 0 aliphatic carbocycles. The predicted octanol–water partition coefficient (Wildman–Crippen LogP) is 3.38. The number of hydrogen-bond acceptors (Lipinski definition) is 4. The van der Waals surface area contributed by atoms with Crippen molar-refractivity contribution in [1.29, 1.82) is 0 Å². The number of anilines is 1. The summed E-state index contributed by atoms with van der Waals surface area (Å²) in [5, 5.41) is 11.4. The minimum absolute atomic E-state index is 0.533. The van der Waals surface area contributed by atoms with Gasteiger partial charge in [-0.05, 0) is 23.3 Å². The molecule has 20 heavy (non-hydrogen) atoms. The van der Waals surface area contributed by atoms with E-state index in [0.717, 1.165) is 22.2 Å². The third kappa shape index (κ3) is 2.86. The van der Waals surface area contributed by atoms with Crippen molar-refractivity contribution in [3.8, 4) is 0 Å². The second kappa shape index (κ2) is 5.84. The Morgan fingerprint density at radius 1 is 0.850 bits per heavy atom. The number of hydrogen-bond donors (Lipinski definition) is 1. The monoisotopic (exact) mass is 284 g/mol. The van der Waals surface area contributed by atoms with E-state index in [1.807, 2.05) is 48.5 Å². The molecule has 0 aliphatic heterocycles. The van der Waals surface area contributed by atoms with Gasteiger partial charge in [-0.3, -0.25) is 0 Å². The highest BCUT2D eigenvalue weighted by Crippen LogP contribution is 2.11. The molecule has 0 spiro atoms. The SMILES string of the molecule is ClCc1ccc(CNc2nnc3ccccc3n2)cc1. The fourth-order valence-corrected chi connectivity index (χ4v) is 2.06. The summed E-state index contributed by atoms with van der Waals surface area (Å²) in [5.41, 5.74) is 3.89. The fourth-order valence-electron chi connectivity index (χ4n) is 1.88. The molecule has 1 N–H and O–H groups in total. The van der Waals surface area contributed by atoms with E-state index < -0.39 is 0 Å². The Balaban J connectivity index is 1.72. The van der Waals surface area contributed by atoms with Gasteiger partial charge in [-0.2, -0.15) is 0 Å². The number of rotatable bonds is 4. The first-order chi connectivity index (χ1) is 9.85. The van der Waals surface area contributed by atoms with Crippen LogP contribution in [-0.4, -0.2) is 15.2 Å². The lowest BCUT2D eigenvalue weighted by molar-refractivity contribution is 0.983. The van der Waals surface area contributed by atoms with Crippen molar-refractivity contribution < 1.29 is 0 Å². The van der Waals surface area contributed by atoms with Crippen LogP contribution in [0.5, 0.6) is 0 Å². The molecule has 0 amide bonds.